The van der Waals surface area contributed by atoms with Gasteiger partial charge in [-0.15, -0.1) is 0 Å². The van der Waals surface area contributed by atoms with Gasteiger partial charge in [0.05, 0.1) is 11.3 Å². The van der Waals surface area contributed by atoms with Crippen molar-refractivity contribution in [1.82, 2.24) is 10.6 Å². The van der Waals surface area contributed by atoms with Crippen LogP contribution >= 0.6 is 15.9 Å². The van der Waals surface area contributed by atoms with Gasteiger partial charge in [-0.25, -0.2) is 9.18 Å². The third kappa shape index (κ3) is 2.50. The predicted molar refractivity (Wildman–Crippen MR) is 84.9 cm³/mol. The number of nitrogens with one attached hydrogen (secondary N) is 2. The number of benzene rings is 1. The molecule has 23 heavy (non-hydrogen) atoms. The van der Waals surface area contributed by atoms with Crippen LogP contribution in [0.25, 0.3) is 0 Å². The van der Waals surface area contributed by atoms with Gasteiger partial charge in [0, 0.05) is 23.5 Å². The zero-order valence-corrected chi connectivity index (χ0v) is 13.9. The van der Waals surface area contributed by atoms with Gasteiger partial charge < -0.3 is 10.2 Å². The van der Waals surface area contributed by atoms with E-state index in [0.29, 0.717) is 36.0 Å². The molecule has 2 aliphatic heterocycles. The number of rotatable bonds is 2. The Labute approximate surface area is 140 Å². The second kappa shape index (κ2) is 5.59. The van der Waals surface area contributed by atoms with Gasteiger partial charge in [0.15, 0.2) is 6.29 Å². The largest absolute Gasteiger partial charge is 0.370 e. The van der Waals surface area contributed by atoms with Crippen LogP contribution in [-0.2, 0) is 4.79 Å². The summed E-state index contributed by atoms with van der Waals surface area (Å²) in [5.74, 6) is -1.11. The average molecular weight is 384 g/mol. The highest BCUT2D eigenvalue weighted by atomic mass is 79.9. The molecule has 0 unspecified atom stereocenters. The van der Waals surface area contributed by atoms with Gasteiger partial charge in [-0.2, -0.15) is 0 Å². The van der Waals surface area contributed by atoms with Crippen molar-refractivity contribution in [2.24, 2.45) is 5.92 Å². The van der Waals surface area contributed by atoms with E-state index in [1.54, 1.807) is 6.07 Å². The Morgan fingerprint density at radius 3 is 2.74 bits per heavy atom. The van der Waals surface area contributed by atoms with E-state index in [9.17, 15) is 18.8 Å². The van der Waals surface area contributed by atoms with E-state index in [0.717, 1.165) is 0 Å². The number of urea groups is 1. The van der Waals surface area contributed by atoms with Crippen LogP contribution in [0.4, 0.5) is 14.9 Å². The smallest absolute Gasteiger partial charge is 0.322 e. The fourth-order valence-electron chi connectivity index (χ4n) is 3.33. The first-order valence-corrected chi connectivity index (χ1v) is 7.99. The number of amides is 3. The van der Waals surface area contributed by atoms with Gasteiger partial charge in [-0.05, 0) is 18.6 Å². The molecule has 8 heteroatoms. The Hall–Kier alpha value is -1.96. The highest BCUT2D eigenvalue weighted by molar-refractivity contribution is 9.10. The van der Waals surface area contributed by atoms with E-state index in [4.69, 9.17) is 0 Å². The third-order valence-electron chi connectivity index (χ3n) is 4.61. The van der Waals surface area contributed by atoms with Gasteiger partial charge in [0.1, 0.15) is 11.4 Å². The first kappa shape index (κ1) is 15.9. The van der Waals surface area contributed by atoms with Crippen molar-refractivity contribution in [2.75, 3.05) is 18.0 Å². The van der Waals surface area contributed by atoms with Gasteiger partial charge in [-0.1, -0.05) is 22.9 Å². The lowest BCUT2D eigenvalue weighted by Crippen LogP contribution is -2.60. The molecule has 2 fully saturated rings. The molecule has 3 rings (SSSR count). The Morgan fingerprint density at radius 2 is 2.17 bits per heavy atom. The minimum absolute atomic E-state index is 0.00346. The lowest BCUT2D eigenvalue weighted by molar-refractivity contribution is -0.126. The Morgan fingerprint density at radius 1 is 1.43 bits per heavy atom. The number of halogens is 2. The second-order valence-electron chi connectivity index (χ2n) is 5.91. The average Bonchev–Trinajstić information content (AvgIpc) is 2.76. The molecule has 122 valence electrons. The lowest BCUT2D eigenvalue weighted by Gasteiger charge is -2.43. The number of piperidine rings is 1. The van der Waals surface area contributed by atoms with Crippen molar-refractivity contribution < 1.29 is 18.8 Å². The molecule has 1 aromatic carbocycles. The van der Waals surface area contributed by atoms with Crippen LogP contribution in [0.1, 0.15) is 23.7 Å². The summed E-state index contributed by atoms with van der Waals surface area (Å²) in [5.41, 5.74) is -0.450. The summed E-state index contributed by atoms with van der Waals surface area (Å²) in [7, 11) is 0. The van der Waals surface area contributed by atoms with Crippen molar-refractivity contribution >= 4 is 39.8 Å². The molecule has 0 aliphatic carbocycles. The first-order chi connectivity index (χ1) is 10.9. The van der Waals surface area contributed by atoms with Crippen LogP contribution in [0.15, 0.2) is 16.6 Å². The summed E-state index contributed by atoms with van der Waals surface area (Å²) in [6.45, 7) is 2.70. The Balaban J connectivity index is 1.91. The van der Waals surface area contributed by atoms with E-state index in [1.807, 2.05) is 11.8 Å². The second-order valence-corrected chi connectivity index (χ2v) is 6.83. The van der Waals surface area contributed by atoms with Crippen molar-refractivity contribution in [3.63, 3.8) is 0 Å². The number of hydrogen-bond acceptors (Lipinski definition) is 4. The number of hydrogen-bond donors (Lipinski definition) is 2. The van der Waals surface area contributed by atoms with Gasteiger partial charge >= 0.3 is 6.03 Å². The molecular formula is C15H15BrFN3O3. The minimum Gasteiger partial charge on any atom is -0.370 e. The first-order valence-electron chi connectivity index (χ1n) is 7.20. The molecule has 0 aromatic heterocycles. The fraction of sp³-hybridized carbons (Fsp3) is 0.400. The van der Waals surface area contributed by atoms with Crippen molar-refractivity contribution in [2.45, 2.75) is 18.9 Å². The van der Waals surface area contributed by atoms with Crippen molar-refractivity contribution in [1.29, 1.82) is 0 Å². The molecule has 1 aromatic rings. The molecule has 0 bridgehead atoms. The maximum Gasteiger partial charge on any atom is 0.322 e. The van der Waals surface area contributed by atoms with Crippen molar-refractivity contribution in [3.05, 3.63) is 28.0 Å². The zero-order valence-electron chi connectivity index (χ0n) is 12.4. The maximum atomic E-state index is 14.0. The van der Waals surface area contributed by atoms with Crippen LogP contribution in [0.3, 0.4) is 0 Å². The number of nitrogens with zero attached hydrogens (tertiary/aromatic N) is 1. The molecule has 2 heterocycles. The molecule has 2 saturated heterocycles. The fourth-order valence-corrected chi connectivity index (χ4v) is 3.75. The van der Waals surface area contributed by atoms with Crippen LogP contribution < -0.4 is 15.5 Å². The highest BCUT2D eigenvalue weighted by Crippen LogP contribution is 2.35. The van der Waals surface area contributed by atoms with E-state index in [2.05, 4.69) is 26.6 Å². The molecule has 6 nitrogen and oxygen atoms in total. The molecule has 2 N–H and O–H groups in total. The number of carbonyl (C=O) groups excluding carboxylic acids is 3. The lowest BCUT2D eigenvalue weighted by atomic mass is 9.78. The van der Waals surface area contributed by atoms with Crippen LogP contribution in [0.5, 0.6) is 0 Å². The zero-order chi connectivity index (χ0) is 16.8. The summed E-state index contributed by atoms with van der Waals surface area (Å²) in [4.78, 5) is 36.7. The number of imide groups is 1. The molecule has 2 aliphatic rings. The SMILES string of the molecule is C[C@@H]1CN(c2cc(Br)cc(F)c2C=O)CC[C@]12NC(=O)NC2=O. The number of aldehydes is 1. The molecule has 1 spiro atoms. The Bertz CT molecular complexity index is 711. The number of anilines is 1. The summed E-state index contributed by atoms with van der Waals surface area (Å²) >= 11 is 3.23. The minimum atomic E-state index is -0.931. The summed E-state index contributed by atoms with van der Waals surface area (Å²) in [6.07, 6.45) is 0.883. The van der Waals surface area contributed by atoms with Crippen molar-refractivity contribution in [3.8, 4) is 0 Å². The topological polar surface area (TPSA) is 78.5 Å². The third-order valence-corrected chi connectivity index (χ3v) is 5.07. The van der Waals surface area contributed by atoms with Gasteiger partial charge in [0.25, 0.3) is 5.91 Å². The normalized spacial score (nSPS) is 27.1. The van der Waals surface area contributed by atoms with Crippen LogP contribution in [0.2, 0.25) is 0 Å². The molecular weight excluding hydrogens is 369 g/mol. The highest BCUT2D eigenvalue weighted by Gasteiger charge is 2.52. The van der Waals surface area contributed by atoms with Crippen LogP contribution in [-0.4, -0.2) is 36.9 Å². The molecule has 0 radical (unpaired) electrons. The maximum absolute atomic E-state index is 14.0. The van der Waals surface area contributed by atoms with Gasteiger partial charge in [-0.3, -0.25) is 14.9 Å². The molecule has 2 atom stereocenters. The predicted octanol–water partition coefficient (Wildman–Crippen LogP) is 1.83. The van der Waals surface area contributed by atoms with E-state index in [1.165, 1.54) is 6.07 Å². The summed E-state index contributed by atoms with van der Waals surface area (Å²) < 4.78 is 14.5. The molecule has 3 amide bonds. The summed E-state index contributed by atoms with van der Waals surface area (Å²) in [5, 5.41) is 4.98. The van der Waals surface area contributed by atoms with Gasteiger partial charge in [0.2, 0.25) is 0 Å². The Kier molecular flexibility index (Phi) is 3.87. The van der Waals surface area contributed by atoms with Crippen LogP contribution in [0, 0.1) is 11.7 Å². The standard InChI is InChI=1S/C15H15BrFN3O3/c1-8-6-20(3-2-15(8)13(22)18-14(23)19-15)12-5-9(16)4-11(17)10(12)7-21/h4-5,7-8H,2-3,6H2,1H3,(H2,18,19,22,23)/t8-,15+/m1/s1. The monoisotopic (exact) mass is 383 g/mol. The van der Waals surface area contributed by atoms with E-state index in [-0.39, 0.29) is 17.4 Å². The quantitative estimate of drug-likeness (QED) is 0.603. The summed E-state index contributed by atoms with van der Waals surface area (Å²) in [6, 6.07) is 2.44. The number of carbonyl (C=O) groups is 3. The van der Waals surface area contributed by atoms with E-state index < -0.39 is 17.4 Å². The van der Waals surface area contributed by atoms with E-state index >= 15 is 0 Å². The molecule has 0 saturated carbocycles.